The van der Waals surface area contributed by atoms with Crippen LogP contribution in [0.25, 0.3) is 0 Å². The van der Waals surface area contributed by atoms with E-state index < -0.39 is 0 Å². The van der Waals surface area contributed by atoms with Gasteiger partial charge in [-0.15, -0.1) is 0 Å². The number of ether oxygens (including phenoxy) is 2. The molecule has 4 heteroatoms. The molecule has 0 unspecified atom stereocenters. The van der Waals surface area contributed by atoms with Crippen LogP contribution in [0, 0.1) is 13.8 Å². The normalized spacial score (nSPS) is 10.5. The van der Waals surface area contributed by atoms with Gasteiger partial charge < -0.3 is 14.8 Å². The molecule has 146 valence electrons. The number of benzene rings is 2. The van der Waals surface area contributed by atoms with E-state index >= 15 is 0 Å². The number of amides is 1. The molecule has 0 aliphatic heterocycles. The molecule has 0 saturated carbocycles. The maximum Gasteiger partial charge on any atom is 0.220 e. The summed E-state index contributed by atoms with van der Waals surface area (Å²) in [5, 5.41) is 3.01. The Morgan fingerprint density at radius 3 is 2.37 bits per heavy atom. The quantitative estimate of drug-likeness (QED) is 0.675. The fourth-order valence-corrected chi connectivity index (χ4v) is 3.06. The first-order chi connectivity index (χ1) is 13.0. The van der Waals surface area contributed by atoms with Gasteiger partial charge in [0.15, 0.2) is 11.5 Å². The van der Waals surface area contributed by atoms with Crippen LogP contribution in [0.15, 0.2) is 36.4 Å². The van der Waals surface area contributed by atoms with Gasteiger partial charge in [-0.05, 0) is 69.4 Å². The van der Waals surface area contributed by atoms with Crippen molar-refractivity contribution in [3.63, 3.8) is 0 Å². The second-order valence-corrected chi connectivity index (χ2v) is 6.68. The fourth-order valence-electron chi connectivity index (χ4n) is 3.06. The number of hydrogen-bond donors (Lipinski definition) is 1. The summed E-state index contributed by atoms with van der Waals surface area (Å²) in [5.74, 6) is 1.62. The van der Waals surface area contributed by atoms with Crippen LogP contribution in [-0.4, -0.2) is 25.7 Å². The highest BCUT2D eigenvalue weighted by atomic mass is 16.5. The van der Waals surface area contributed by atoms with Gasteiger partial charge in [0.2, 0.25) is 5.91 Å². The van der Waals surface area contributed by atoms with Crippen LogP contribution in [0.1, 0.15) is 42.5 Å². The Labute approximate surface area is 162 Å². The molecule has 4 nitrogen and oxygen atoms in total. The van der Waals surface area contributed by atoms with Gasteiger partial charge in [0.25, 0.3) is 0 Å². The standard InChI is InChI=1S/C23H31NO3/c1-5-26-21-11-8-19(16-22(21)27-6-2)13-14-24-23(25)12-10-20-9-7-17(3)15-18(20)4/h7-9,11,15-16H,5-6,10,12-14H2,1-4H3,(H,24,25). The third-order valence-electron chi connectivity index (χ3n) is 4.46. The lowest BCUT2D eigenvalue weighted by Crippen LogP contribution is -2.26. The molecule has 2 aromatic rings. The van der Waals surface area contributed by atoms with Crippen molar-refractivity contribution in [2.75, 3.05) is 19.8 Å². The molecule has 2 aromatic carbocycles. The first-order valence-corrected chi connectivity index (χ1v) is 9.74. The maximum absolute atomic E-state index is 12.1. The number of nitrogens with one attached hydrogen (secondary N) is 1. The molecule has 0 aromatic heterocycles. The van der Waals surface area contributed by atoms with E-state index in [0.29, 0.717) is 26.2 Å². The molecule has 1 amide bonds. The topological polar surface area (TPSA) is 47.6 Å². The summed E-state index contributed by atoms with van der Waals surface area (Å²) >= 11 is 0. The Kier molecular flexibility index (Phi) is 8.18. The molecule has 1 N–H and O–H groups in total. The maximum atomic E-state index is 12.1. The average Bonchev–Trinajstić information content (AvgIpc) is 2.63. The molecule has 27 heavy (non-hydrogen) atoms. The summed E-state index contributed by atoms with van der Waals surface area (Å²) in [7, 11) is 0. The minimum atomic E-state index is 0.0888. The molecule has 0 fully saturated rings. The monoisotopic (exact) mass is 369 g/mol. The number of aryl methyl sites for hydroxylation is 3. The van der Waals surface area contributed by atoms with E-state index in [4.69, 9.17) is 9.47 Å². The van der Waals surface area contributed by atoms with Gasteiger partial charge in [0.05, 0.1) is 13.2 Å². The van der Waals surface area contributed by atoms with Crippen LogP contribution in [0.2, 0.25) is 0 Å². The third-order valence-corrected chi connectivity index (χ3v) is 4.46. The number of hydrogen-bond acceptors (Lipinski definition) is 3. The van der Waals surface area contributed by atoms with E-state index in [1.54, 1.807) is 0 Å². The predicted molar refractivity (Wildman–Crippen MR) is 110 cm³/mol. The van der Waals surface area contributed by atoms with Crippen LogP contribution in [0.5, 0.6) is 11.5 Å². The summed E-state index contributed by atoms with van der Waals surface area (Å²) in [6.07, 6.45) is 2.05. The Hall–Kier alpha value is -2.49. The molecular formula is C23H31NO3. The number of rotatable bonds is 10. The molecule has 0 aliphatic rings. The second-order valence-electron chi connectivity index (χ2n) is 6.68. The Morgan fingerprint density at radius 1 is 0.926 bits per heavy atom. The van der Waals surface area contributed by atoms with Gasteiger partial charge in [0, 0.05) is 13.0 Å². The van der Waals surface area contributed by atoms with Crippen molar-refractivity contribution >= 4 is 5.91 Å². The van der Waals surface area contributed by atoms with E-state index in [1.165, 1.54) is 16.7 Å². The Balaban J connectivity index is 1.81. The number of carbonyl (C=O) groups excluding carboxylic acids is 1. The summed E-state index contributed by atoms with van der Waals surface area (Å²) in [6, 6.07) is 12.3. The summed E-state index contributed by atoms with van der Waals surface area (Å²) < 4.78 is 11.2. The van der Waals surface area contributed by atoms with Crippen molar-refractivity contribution in [3.05, 3.63) is 58.7 Å². The van der Waals surface area contributed by atoms with Crippen LogP contribution < -0.4 is 14.8 Å². The Bertz CT molecular complexity index is 755. The molecule has 0 bridgehead atoms. The third kappa shape index (κ3) is 6.63. The molecule has 0 spiro atoms. The zero-order valence-corrected chi connectivity index (χ0v) is 16.9. The van der Waals surface area contributed by atoms with E-state index in [0.717, 1.165) is 29.9 Å². The summed E-state index contributed by atoms with van der Waals surface area (Å²) in [6.45, 7) is 9.92. The molecule has 0 radical (unpaired) electrons. The van der Waals surface area contributed by atoms with E-state index in [1.807, 2.05) is 32.0 Å². The van der Waals surface area contributed by atoms with Gasteiger partial charge >= 0.3 is 0 Å². The Morgan fingerprint density at radius 2 is 1.67 bits per heavy atom. The number of carbonyl (C=O) groups is 1. The van der Waals surface area contributed by atoms with E-state index in [9.17, 15) is 4.79 Å². The molecular weight excluding hydrogens is 338 g/mol. The van der Waals surface area contributed by atoms with Crippen molar-refractivity contribution in [2.45, 2.75) is 47.0 Å². The minimum Gasteiger partial charge on any atom is -0.490 e. The fraction of sp³-hybridized carbons (Fsp3) is 0.435. The average molecular weight is 370 g/mol. The lowest BCUT2D eigenvalue weighted by Gasteiger charge is -2.13. The van der Waals surface area contributed by atoms with E-state index in [-0.39, 0.29) is 5.91 Å². The highest BCUT2D eigenvalue weighted by molar-refractivity contribution is 5.76. The van der Waals surface area contributed by atoms with Gasteiger partial charge in [0.1, 0.15) is 0 Å². The van der Waals surface area contributed by atoms with Crippen molar-refractivity contribution in [2.24, 2.45) is 0 Å². The largest absolute Gasteiger partial charge is 0.490 e. The first kappa shape index (κ1) is 20.8. The van der Waals surface area contributed by atoms with Crippen molar-refractivity contribution in [1.29, 1.82) is 0 Å². The smallest absolute Gasteiger partial charge is 0.220 e. The van der Waals surface area contributed by atoms with Crippen LogP contribution in [0.4, 0.5) is 0 Å². The molecule has 0 saturated heterocycles. The molecule has 0 heterocycles. The predicted octanol–water partition coefficient (Wildman–Crippen LogP) is 4.39. The van der Waals surface area contributed by atoms with Gasteiger partial charge in [-0.2, -0.15) is 0 Å². The van der Waals surface area contributed by atoms with Crippen LogP contribution in [-0.2, 0) is 17.6 Å². The second kappa shape index (κ2) is 10.6. The molecule has 0 atom stereocenters. The first-order valence-electron chi connectivity index (χ1n) is 9.74. The van der Waals surface area contributed by atoms with E-state index in [2.05, 4.69) is 37.4 Å². The lowest BCUT2D eigenvalue weighted by atomic mass is 10.0. The van der Waals surface area contributed by atoms with Gasteiger partial charge in [-0.1, -0.05) is 29.8 Å². The van der Waals surface area contributed by atoms with Gasteiger partial charge in [-0.25, -0.2) is 0 Å². The van der Waals surface area contributed by atoms with Crippen molar-refractivity contribution < 1.29 is 14.3 Å². The minimum absolute atomic E-state index is 0.0888. The lowest BCUT2D eigenvalue weighted by molar-refractivity contribution is -0.121. The van der Waals surface area contributed by atoms with Crippen LogP contribution >= 0.6 is 0 Å². The highest BCUT2D eigenvalue weighted by Gasteiger charge is 2.08. The zero-order valence-electron chi connectivity index (χ0n) is 16.9. The summed E-state index contributed by atoms with van der Waals surface area (Å²) in [5.41, 5.74) is 4.86. The van der Waals surface area contributed by atoms with Crippen LogP contribution in [0.3, 0.4) is 0 Å². The molecule has 2 rings (SSSR count). The van der Waals surface area contributed by atoms with Crippen molar-refractivity contribution in [1.82, 2.24) is 5.32 Å². The van der Waals surface area contributed by atoms with Crippen molar-refractivity contribution in [3.8, 4) is 11.5 Å². The zero-order chi connectivity index (χ0) is 19.6. The highest BCUT2D eigenvalue weighted by Crippen LogP contribution is 2.28. The SMILES string of the molecule is CCOc1ccc(CCNC(=O)CCc2ccc(C)cc2C)cc1OCC. The summed E-state index contributed by atoms with van der Waals surface area (Å²) in [4.78, 5) is 12.1. The van der Waals surface area contributed by atoms with Gasteiger partial charge in [-0.3, -0.25) is 4.79 Å². The molecule has 0 aliphatic carbocycles.